The minimum Gasteiger partial charge on any atom is -0.406 e. The van der Waals surface area contributed by atoms with Gasteiger partial charge in [-0.3, -0.25) is 0 Å². The van der Waals surface area contributed by atoms with Crippen molar-refractivity contribution < 1.29 is 31.1 Å². The van der Waals surface area contributed by atoms with Gasteiger partial charge in [0.2, 0.25) is 0 Å². The van der Waals surface area contributed by atoms with Crippen LogP contribution < -0.4 is 10.5 Å². The molecule has 0 saturated heterocycles. The number of nitrogen functional groups attached to an aromatic ring is 1. The molecule has 2 rings (SSSR count). The van der Waals surface area contributed by atoms with E-state index in [1.165, 1.54) is 12.1 Å². The molecule has 23 heavy (non-hydrogen) atoms. The van der Waals surface area contributed by atoms with E-state index in [1.807, 2.05) is 0 Å². The molecule has 0 atom stereocenters. The van der Waals surface area contributed by atoms with Crippen LogP contribution in [0.25, 0.3) is 11.1 Å². The van der Waals surface area contributed by atoms with Crippen molar-refractivity contribution >= 4 is 17.3 Å². The maximum Gasteiger partial charge on any atom is 0.573 e. The largest absolute Gasteiger partial charge is 0.573 e. The number of halogens is 7. The van der Waals surface area contributed by atoms with Gasteiger partial charge in [0.25, 0.3) is 0 Å². The molecule has 0 aliphatic heterocycles. The van der Waals surface area contributed by atoms with Gasteiger partial charge in [0.1, 0.15) is 5.75 Å². The van der Waals surface area contributed by atoms with Gasteiger partial charge in [-0.1, -0.05) is 23.7 Å². The molecular weight excluding hydrogens is 348 g/mol. The normalized spacial score (nSPS) is 12.3. The summed E-state index contributed by atoms with van der Waals surface area (Å²) in [7, 11) is 0. The standard InChI is InChI=1S/C14H8ClF6NO/c15-11-6-8(5-10(12(11)22)13(16,17)18)7-2-1-3-9(4-7)23-14(19,20)21/h1-6H,22H2. The van der Waals surface area contributed by atoms with Crippen molar-refractivity contribution in [2.24, 2.45) is 0 Å². The minimum atomic E-state index is -4.91. The van der Waals surface area contributed by atoms with E-state index in [4.69, 9.17) is 17.3 Å². The molecule has 0 aliphatic carbocycles. The summed E-state index contributed by atoms with van der Waals surface area (Å²) >= 11 is 5.68. The van der Waals surface area contributed by atoms with Crippen LogP contribution in [0.5, 0.6) is 5.75 Å². The molecule has 2 aromatic rings. The molecule has 0 fully saturated rings. The number of ether oxygens (including phenoxy) is 1. The van der Waals surface area contributed by atoms with Gasteiger partial charge in [-0.05, 0) is 35.4 Å². The van der Waals surface area contributed by atoms with E-state index in [9.17, 15) is 26.3 Å². The van der Waals surface area contributed by atoms with Crippen molar-refractivity contribution in [1.29, 1.82) is 0 Å². The molecule has 0 amide bonds. The zero-order chi connectivity index (χ0) is 17.4. The third-order valence-electron chi connectivity index (χ3n) is 2.84. The average molecular weight is 356 g/mol. The fourth-order valence-electron chi connectivity index (χ4n) is 1.89. The molecule has 2 nitrogen and oxygen atoms in total. The van der Waals surface area contributed by atoms with Gasteiger partial charge in [-0.25, -0.2) is 0 Å². The van der Waals surface area contributed by atoms with Crippen LogP contribution in [-0.2, 0) is 6.18 Å². The zero-order valence-corrected chi connectivity index (χ0v) is 11.9. The summed E-state index contributed by atoms with van der Waals surface area (Å²) in [4.78, 5) is 0. The number of hydrogen-bond acceptors (Lipinski definition) is 2. The Balaban J connectivity index is 2.51. The third kappa shape index (κ3) is 4.22. The first-order chi connectivity index (χ1) is 10.5. The molecular formula is C14H8ClF6NO. The van der Waals surface area contributed by atoms with E-state index >= 15 is 0 Å². The molecule has 0 unspecified atom stereocenters. The predicted octanol–water partition coefficient (Wildman–Crippen LogP) is 5.51. The topological polar surface area (TPSA) is 35.2 Å². The van der Waals surface area contributed by atoms with E-state index in [1.54, 1.807) is 0 Å². The molecule has 2 N–H and O–H groups in total. The highest BCUT2D eigenvalue weighted by Gasteiger charge is 2.34. The highest BCUT2D eigenvalue weighted by Crippen LogP contribution is 2.40. The lowest BCUT2D eigenvalue weighted by atomic mass is 10.0. The van der Waals surface area contributed by atoms with Crippen molar-refractivity contribution in [2.75, 3.05) is 5.73 Å². The Labute approximate surface area is 131 Å². The van der Waals surface area contributed by atoms with Crippen LogP contribution >= 0.6 is 11.6 Å². The van der Waals surface area contributed by atoms with Crippen LogP contribution in [0.2, 0.25) is 5.02 Å². The Hall–Kier alpha value is -2.09. The highest BCUT2D eigenvalue weighted by atomic mass is 35.5. The van der Waals surface area contributed by atoms with Gasteiger partial charge in [0.15, 0.2) is 0 Å². The van der Waals surface area contributed by atoms with Gasteiger partial charge in [0.05, 0.1) is 16.3 Å². The highest BCUT2D eigenvalue weighted by molar-refractivity contribution is 6.33. The lowest BCUT2D eigenvalue weighted by Crippen LogP contribution is -2.17. The monoisotopic (exact) mass is 355 g/mol. The summed E-state index contributed by atoms with van der Waals surface area (Å²) in [6.45, 7) is 0. The zero-order valence-electron chi connectivity index (χ0n) is 11.1. The summed E-state index contributed by atoms with van der Waals surface area (Å²) < 4.78 is 79.1. The summed E-state index contributed by atoms with van der Waals surface area (Å²) in [5.74, 6) is -0.559. The fourth-order valence-corrected chi connectivity index (χ4v) is 2.11. The molecule has 124 valence electrons. The number of nitrogens with two attached hydrogens (primary N) is 1. The lowest BCUT2D eigenvalue weighted by Gasteiger charge is -2.14. The maximum atomic E-state index is 12.9. The van der Waals surface area contributed by atoms with E-state index in [-0.39, 0.29) is 16.1 Å². The van der Waals surface area contributed by atoms with Gasteiger partial charge < -0.3 is 10.5 Å². The van der Waals surface area contributed by atoms with E-state index in [0.717, 1.165) is 18.2 Å². The molecule has 9 heteroatoms. The molecule has 0 bridgehead atoms. The van der Waals surface area contributed by atoms with Crippen molar-refractivity contribution in [3.8, 4) is 16.9 Å². The molecule has 2 aromatic carbocycles. The second-order valence-electron chi connectivity index (χ2n) is 4.49. The van der Waals surface area contributed by atoms with Crippen molar-refractivity contribution in [1.82, 2.24) is 0 Å². The SMILES string of the molecule is Nc1c(Cl)cc(-c2cccc(OC(F)(F)F)c2)cc1C(F)(F)F. The Morgan fingerprint density at radius 2 is 1.57 bits per heavy atom. The first kappa shape index (κ1) is 17.3. The first-order valence-corrected chi connectivity index (χ1v) is 6.37. The first-order valence-electron chi connectivity index (χ1n) is 6.00. The quantitative estimate of drug-likeness (QED) is 0.569. The second-order valence-corrected chi connectivity index (χ2v) is 4.90. The van der Waals surface area contributed by atoms with Crippen LogP contribution in [0, 0.1) is 0 Å². The summed E-state index contributed by atoms with van der Waals surface area (Å²) in [6.07, 6.45) is -9.65. The number of rotatable bonds is 2. The lowest BCUT2D eigenvalue weighted by molar-refractivity contribution is -0.274. The molecule has 0 saturated carbocycles. The smallest absolute Gasteiger partial charge is 0.406 e. The van der Waals surface area contributed by atoms with Crippen molar-refractivity contribution in [3.63, 3.8) is 0 Å². The maximum absolute atomic E-state index is 12.9. The van der Waals surface area contributed by atoms with Gasteiger partial charge in [0, 0.05) is 0 Å². The van der Waals surface area contributed by atoms with Crippen LogP contribution in [0.1, 0.15) is 5.56 Å². The number of hydrogen-bond donors (Lipinski definition) is 1. The Morgan fingerprint density at radius 1 is 0.913 bits per heavy atom. The number of anilines is 1. The Bertz CT molecular complexity index is 726. The average Bonchev–Trinajstić information content (AvgIpc) is 2.38. The van der Waals surface area contributed by atoms with E-state index < -0.39 is 29.5 Å². The van der Waals surface area contributed by atoms with Gasteiger partial charge in [-0.2, -0.15) is 13.2 Å². The van der Waals surface area contributed by atoms with Crippen LogP contribution in [0.4, 0.5) is 32.0 Å². The summed E-state index contributed by atoms with van der Waals surface area (Å²) in [5, 5.41) is -0.350. The van der Waals surface area contributed by atoms with Crippen molar-refractivity contribution in [3.05, 3.63) is 47.0 Å². The molecule has 0 aromatic heterocycles. The van der Waals surface area contributed by atoms with Crippen LogP contribution in [0.15, 0.2) is 36.4 Å². The van der Waals surface area contributed by atoms with Gasteiger partial charge in [-0.15, -0.1) is 13.2 Å². The van der Waals surface area contributed by atoms with E-state index in [2.05, 4.69) is 4.74 Å². The molecule has 0 spiro atoms. The second kappa shape index (κ2) is 5.84. The van der Waals surface area contributed by atoms with Crippen LogP contribution in [0.3, 0.4) is 0 Å². The predicted molar refractivity (Wildman–Crippen MR) is 73.0 cm³/mol. The molecule has 0 heterocycles. The Kier molecular flexibility index (Phi) is 4.39. The number of alkyl halides is 6. The Morgan fingerprint density at radius 3 is 2.13 bits per heavy atom. The van der Waals surface area contributed by atoms with Gasteiger partial charge >= 0.3 is 12.5 Å². The molecule has 0 aliphatic rings. The van der Waals surface area contributed by atoms with E-state index in [0.29, 0.717) is 6.07 Å². The third-order valence-corrected chi connectivity index (χ3v) is 3.15. The summed E-state index contributed by atoms with van der Waals surface area (Å²) in [6, 6.07) is 6.38. The van der Waals surface area contributed by atoms with Crippen LogP contribution in [-0.4, -0.2) is 6.36 Å². The molecule has 0 radical (unpaired) electrons. The number of benzene rings is 2. The fraction of sp³-hybridized carbons (Fsp3) is 0.143. The van der Waals surface area contributed by atoms with Crippen molar-refractivity contribution in [2.45, 2.75) is 12.5 Å². The minimum absolute atomic E-state index is 0.0378. The summed E-state index contributed by atoms with van der Waals surface area (Å²) in [5.41, 5.74) is 3.52.